The Morgan fingerprint density at radius 2 is 1.68 bits per heavy atom. The number of rotatable bonds is 4. The van der Waals surface area contributed by atoms with E-state index in [-0.39, 0.29) is 5.82 Å². The van der Waals surface area contributed by atoms with Crippen molar-refractivity contribution in [3.63, 3.8) is 0 Å². The van der Waals surface area contributed by atoms with Crippen LogP contribution in [0.15, 0.2) is 18.2 Å². The summed E-state index contributed by atoms with van der Waals surface area (Å²) < 4.78 is 25.9. The molecule has 5 rings (SSSR count). The van der Waals surface area contributed by atoms with Crippen molar-refractivity contribution >= 4 is 11.4 Å². The van der Waals surface area contributed by atoms with Crippen LogP contribution >= 0.6 is 0 Å². The van der Waals surface area contributed by atoms with Crippen molar-refractivity contribution in [2.75, 3.05) is 50.2 Å². The molecule has 0 radical (unpaired) electrons. The number of anilines is 2. The van der Waals surface area contributed by atoms with E-state index in [9.17, 15) is 4.39 Å². The summed E-state index contributed by atoms with van der Waals surface area (Å²) in [6.07, 6.45) is 6.52. The maximum absolute atomic E-state index is 14.7. The lowest BCUT2D eigenvalue weighted by molar-refractivity contribution is -0.300. The first-order chi connectivity index (χ1) is 13.6. The molecular weight excluding hydrogens is 357 g/mol. The Balaban J connectivity index is 1.30. The van der Waals surface area contributed by atoms with E-state index < -0.39 is 5.79 Å². The number of methoxy groups -OCH3 is 2. The second-order valence-electron chi connectivity index (χ2n) is 9.25. The highest BCUT2D eigenvalue weighted by Gasteiger charge is 2.56. The minimum absolute atomic E-state index is 0.0982. The zero-order valence-corrected chi connectivity index (χ0v) is 17.0. The standard InChI is InChI=1S/C22H32FN3O2/c1-27-22(28-2)14-21(15-22)7-9-25(10-8-21)20-11-16(5-6-19(20)23)26-17-3-4-18(26)13-24-12-17/h5-6,11,17-18,24H,3-4,7-10,12-15H2,1-2H3. The van der Waals surface area contributed by atoms with Gasteiger partial charge in [-0.05, 0) is 49.3 Å². The van der Waals surface area contributed by atoms with E-state index in [4.69, 9.17) is 9.47 Å². The minimum Gasteiger partial charge on any atom is -0.369 e. The number of nitrogens with zero attached hydrogens (tertiary/aromatic N) is 2. The fraction of sp³-hybridized carbons (Fsp3) is 0.727. The highest BCUT2D eigenvalue weighted by atomic mass is 19.1. The lowest BCUT2D eigenvalue weighted by Crippen LogP contribution is -2.58. The number of benzene rings is 1. The van der Waals surface area contributed by atoms with Crippen molar-refractivity contribution in [2.24, 2.45) is 5.41 Å². The van der Waals surface area contributed by atoms with Crippen molar-refractivity contribution in [1.29, 1.82) is 0 Å². The van der Waals surface area contributed by atoms with Gasteiger partial charge in [-0.3, -0.25) is 0 Å². The van der Waals surface area contributed by atoms with Gasteiger partial charge in [0.25, 0.3) is 0 Å². The van der Waals surface area contributed by atoms with Crippen LogP contribution in [0.5, 0.6) is 0 Å². The Morgan fingerprint density at radius 3 is 2.29 bits per heavy atom. The molecule has 1 aromatic rings. The van der Waals surface area contributed by atoms with Gasteiger partial charge in [-0.1, -0.05) is 0 Å². The molecule has 3 saturated heterocycles. The normalized spacial score (nSPS) is 30.5. The van der Waals surface area contributed by atoms with Crippen molar-refractivity contribution < 1.29 is 13.9 Å². The van der Waals surface area contributed by atoms with Gasteiger partial charge in [0.15, 0.2) is 5.79 Å². The van der Waals surface area contributed by atoms with Crippen LogP contribution in [0.3, 0.4) is 0 Å². The van der Waals surface area contributed by atoms with Crippen molar-refractivity contribution in [3.8, 4) is 0 Å². The van der Waals surface area contributed by atoms with E-state index >= 15 is 0 Å². The molecule has 1 aromatic carbocycles. The molecule has 5 nitrogen and oxygen atoms in total. The first-order valence-electron chi connectivity index (χ1n) is 10.7. The highest BCUT2D eigenvalue weighted by Crippen LogP contribution is 2.56. The number of hydrogen-bond donors (Lipinski definition) is 1. The third kappa shape index (κ3) is 2.92. The zero-order chi connectivity index (χ0) is 19.4. The molecule has 2 unspecified atom stereocenters. The van der Waals surface area contributed by atoms with Gasteiger partial charge in [-0.15, -0.1) is 0 Å². The van der Waals surface area contributed by atoms with Crippen molar-refractivity contribution in [3.05, 3.63) is 24.0 Å². The first kappa shape index (κ1) is 18.6. The topological polar surface area (TPSA) is 37.0 Å². The maximum Gasteiger partial charge on any atom is 0.168 e. The van der Waals surface area contributed by atoms with Gasteiger partial charge in [0.1, 0.15) is 5.82 Å². The number of hydrogen-bond acceptors (Lipinski definition) is 5. The summed E-state index contributed by atoms with van der Waals surface area (Å²) in [6, 6.07) is 6.83. The largest absolute Gasteiger partial charge is 0.369 e. The number of fused-ring (bicyclic) bond motifs is 2. The molecule has 4 aliphatic rings. The second-order valence-corrected chi connectivity index (χ2v) is 9.25. The van der Waals surface area contributed by atoms with Crippen molar-refractivity contribution in [1.82, 2.24) is 5.32 Å². The highest BCUT2D eigenvalue weighted by molar-refractivity contribution is 5.62. The summed E-state index contributed by atoms with van der Waals surface area (Å²) in [5, 5.41) is 3.53. The van der Waals surface area contributed by atoms with Crippen molar-refractivity contribution in [2.45, 2.75) is 56.4 Å². The molecule has 28 heavy (non-hydrogen) atoms. The van der Waals surface area contributed by atoms with Crippen LogP contribution in [0.2, 0.25) is 0 Å². The Labute approximate surface area is 167 Å². The third-order valence-corrected chi connectivity index (χ3v) is 7.81. The van der Waals surface area contributed by atoms with E-state index in [1.165, 1.54) is 18.5 Å². The fourth-order valence-corrected chi connectivity index (χ4v) is 6.14. The predicted molar refractivity (Wildman–Crippen MR) is 108 cm³/mol. The lowest BCUT2D eigenvalue weighted by atomic mass is 9.59. The molecule has 2 atom stereocenters. The summed E-state index contributed by atoms with van der Waals surface area (Å²) in [6.45, 7) is 3.88. The quantitative estimate of drug-likeness (QED) is 0.801. The number of nitrogens with one attached hydrogen (secondary N) is 1. The molecule has 0 amide bonds. The molecule has 2 bridgehead atoms. The van der Waals surface area contributed by atoms with Gasteiger partial charge in [0.2, 0.25) is 0 Å². The van der Waals surface area contributed by atoms with Gasteiger partial charge in [-0.25, -0.2) is 4.39 Å². The number of halogens is 1. The van der Waals surface area contributed by atoms with Crippen LogP contribution in [0.25, 0.3) is 0 Å². The summed E-state index contributed by atoms with van der Waals surface area (Å²) in [5.74, 6) is -0.492. The fourth-order valence-electron chi connectivity index (χ4n) is 6.14. The van der Waals surface area contributed by atoms with Crippen LogP contribution in [-0.4, -0.2) is 58.3 Å². The molecule has 1 spiro atoms. The predicted octanol–water partition coefficient (Wildman–Crippen LogP) is 3.14. The van der Waals surface area contributed by atoms with Gasteiger partial charge in [0.05, 0.1) is 5.69 Å². The van der Waals surface area contributed by atoms with E-state index in [0.717, 1.165) is 57.5 Å². The van der Waals surface area contributed by atoms with Crippen LogP contribution in [0.1, 0.15) is 38.5 Å². The molecule has 6 heteroatoms. The lowest BCUT2D eigenvalue weighted by Gasteiger charge is -2.57. The molecule has 1 saturated carbocycles. The van der Waals surface area contributed by atoms with E-state index in [1.807, 2.05) is 6.07 Å². The zero-order valence-electron chi connectivity index (χ0n) is 17.0. The molecule has 4 fully saturated rings. The van der Waals surface area contributed by atoms with E-state index in [0.29, 0.717) is 17.5 Å². The summed E-state index contributed by atoms with van der Waals surface area (Å²) >= 11 is 0. The molecule has 154 valence electrons. The Hall–Kier alpha value is -1.37. The Bertz CT molecular complexity index is 704. The smallest absolute Gasteiger partial charge is 0.168 e. The van der Waals surface area contributed by atoms with Crippen LogP contribution < -0.4 is 15.1 Å². The number of piperidine rings is 1. The van der Waals surface area contributed by atoms with Crippen LogP contribution in [-0.2, 0) is 9.47 Å². The average Bonchev–Trinajstić information content (AvgIpc) is 2.95. The molecule has 0 aromatic heterocycles. The average molecular weight is 390 g/mol. The number of ether oxygens (including phenoxy) is 2. The van der Waals surface area contributed by atoms with E-state index in [1.54, 1.807) is 20.3 Å². The maximum atomic E-state index is 14.7. The van der Waals surface area contributed by atoms with Gasteiger partial charge in [-0.2, -0.15) is 0 Å². The summed E-state index contributed by atoms with van der Waals surface area (Å²) in [5.41, 5.74) is 2.26. The Morgan fingerprint density at radius 1 is 1.04 bits per heavy atom. The molecule has 1 N–H and O–H groups in total. The monoisotopic (exact) mass is 389 g/mol. The SMILES string of the molecule is COC1(OC)CC2(CCN(c3cc(N4C5CCC4CNC5)ccc3F)CC2)C1. The van der Waals surface area contributed by atoms with Gasteiger partial charge < -0.3 is 24.6 Å². The van der Waals surface area contributed by atoms with Crippen LogP contribution in [0.4, 0.5) is 15.8 Å². The Kier molecular flexibility index (Phi) is 4.56. The molecule has 3 heterocycles. The second kappa shape index (κ2) is 6.85. The first-order valence-corrected chi connectivity index (χ1v) is 10.7. The summed E-state index contributed by atoms with van der Waals surface area (Å²) in [7, 11) is 3.46. The number of piperazine rings is 1. The molecular formula is C22H32FN3O2. The molecule has 1 aliphatic carbocycles. The molecule has 3 aliphatic heterocycles. The third-order valence-electron chi connectivity index (χ3n) is 7.81. The minimum atomic E-state index is -0.394. The van der Waals surface area contributed by atoms with E-state index in [2.05, 4.69) is 21.2 Å². The van der Waals surface area contributed by atoms with Gasteiger partial charge >= 0.3 is 0 Å². The summed E-state index contributed by atoms with van der Waals surface area (Å²) in [4.78, 5) is 4.77. The van der Waals surface area contributed by atoms with Crippen LogP contribution in [0, 0.1) is 11.2 Å². The van der Waals surface area contributed by atoms with Gasteiger partial charge in [0, 0.05) is 71.0 Å².